The highest BCUT2D eigenvalue weighted by Crippen LogP contribution is 2.20. The molecule has 2 aromatic rings. The molecule has 0 saturated heterocycles. The second-order valence-electron chi connectivity index (χ2n) is 3.81. The fraction of sp³-hybridized carbons (Fsp3) is 0.400. The van der Waals surface area contributed by atoms with E-state index in [0.717, 1.165) is 5.69 Å². The molecule has 80 valence electrons. The molecular weight excluding hydrogens is 192 g/mol. The average molecular weight is 206 g/mol. The fourth-order valence-electron chi connectivity index (χ4n) is 1.23. The summed E-state index contributed by atoms with van der Waals surface area (Å²) in [4.78, 5) is 7.25. The number of hydrogen-bond acceptors (Lipinski definition) is 4. The third-order valence-corrected chi connectivity index (χ3v) is 2.28. The third-order valence-electron chi connectivity index (χ3n) is 2.28. The minimum Gasteiger partial charge on any atom is -0.359 e. The molecule has 0 aliphatic rings. The lowest BCUT2D eigenvalue weighted by atomic mass is 10.1. The highest BCUT2D eigenvalue weighted by atomic mass is 16.5. The number of hydrogen-bond donors (Lipinski definition) is 2. The molecule has 3 N–H and O–H groups in total. The van der Waals surface area contributed by atoms with E-state index in [0.29, 0.717) is 11.7 Å². The zero-order valence-corrected chi connectivity index (χ0v) is 8.77. The summed E-state index contributed by atoms with van der Waals surface area (Å²) in [6.07, 6.45) is 1.81. The van der Waals surface area contributed by atoms with Crippen LogP contribution in [0.15, 0.2) is 22.9 Å². The van der Waals surface area contributed by atoms with Crippen LogP contribution in [0.1, 0.15) is 25.8 Å². The normalized spacial score (nSPS) is 13.3. The van der Waals surface area contributed by atoms with Crippen molar-refractivity contribution in [2.75, 3.05) is 0 Å². The number of aromatic amines is 1. The zero-order valence-electron chi connectivity index (χ0n) is 8.77. The quantitative estimate of drug-likeness (QED) is 0.801. The van der Waals surface area contributed by atoms with Gasteiger partial charge in [-0.05, 0) is 18.1 Å². The molecular formula is C10H14N4O. The van der Waals surface area contributed by atoms with E-state index in [2.05, 4.69) is 15.1 Å². The van der Waals surface area contributed by atoms with Crippen molar-refractivity contribution in [2.45, 2.75) is 19.9 Å². The van der Waals surface area contributed by atoms with Crippen LogP contribution < -0.4 is 5.73 Å². The van der Waals surface area contributed by atoms with Gasteiger partial charge in [0.15, 0.2) is 0 Å². The number of rotatable bonds is 3. The van der Waals surface area contributed by atoms with Crippen molar-refractivity contribution >= 4 is 0 Å². The molecule has 0 amide bonds. The predicted octanol–water partition coefficient (Wildman–Crippen LogP) is 1.72. The largest absolute Gasteiger partial charge is 0.359 e. The average Bonchev–Trinajstić information content (AvgIpc) is 2.86. The zero-order chi connectivity index (χ0) is 10.8. The summed E-state index contributed by atoms with van der Waals surface area (Å²) in [5.41, 5.74) is 6.73. The predicted molar refractivity (Wildman–Crippen MR) is 55.9 cm³/mol. The van der Waals surface area contributed by atoms with Crippen LogP contribution in [0.4, 0.5) is 0 Å². The van der Waals surface area contributed by atoms with Gasteiger partial charge in [0.1, 0.15) is 0 Å². The van der Waals surface area contributed by atoms with Crippen LogP contribution >= 0.6 is 0 Å². The molecule has 0 aromatic carbocycles. The fourth-order valence-corrected chi connectivity index (χ4v) is 1.23. The van der Waals surface area contributed by atoms with E-state index in [1.54, 1.807) is 0 Å². The Morgan fingerprint density at radius 1 is 1.47 bits per heavy atom. The Labute approximate surface area is 87.7 Å². The lowest BCUT2D eigenvalue weighted by Gasteiger charge is -2.08. The van der Waals surface area contributed by atoms with Crippen molar-refractivity contribution in [2.24, 2.45) is 11.7 Å². The van der Waals surface area contributed by atoms with Crippen LogP contribution in [0.5, 0.6) is 0 Å². The van der Waals surface area contributed by atoms with Crippen molar-refractivity contribution in [1.82, 2.24) is 15.1 Å². The molecule has 0 radical (unpaired) electrons. The molecule has 0 bridgehead atoms. The maximum atomic E-state index is 5.90. The van der Waals surface area contributed by atoms with Gasteiger partial charge >= 0.3 is 0 Å². The molecule has 5 heteroatoms. The molecule has 5 nitrogen and oxygen atoms in total. The highest BCUT2D eigenvalue weighted by molar-refractivity contribution is 5.47. The third kappa shape index (κ3) is 1.92. The van der Waals surface area contributed by atoms with E-state index in [1.165, 1.54) is 0 Å². The monoisotopic (exact) mass is 206 g/mol. The minimum absolute atomic E-state index is 0.207. The molecule has 0 aliphatic heterocycles. The van der Waals surface area contributed by atoms with Crippen LogP contribution in [0, 0.1) is 5.92 Å². The molecule has 0 unspecified atom stereocenters. The molecule has 0 aliphatic carbocycles. The molecule has 0 saturated carbocycles. The SMILES string of the molecule is CC(C)[C@@H](N)c1nc(-c2ccc[nH]2)no1. The van der Waals surface area contributed by atoms with Crippen molar-refractivity contribution in [1.29, 1.82) is 0 Å². The second-order valence-corrected chi connectivity index (χ2v) is 3.81. The van der Waals surface area contributed by atoms with Gasteiger partial charge in [-0.2, -0.15) is 4.98 Å². The lowest BCUT2D eigenvalue weighted by Crippen LogP contribution is -2.16. The van der Waals surface area contributed by atoms with Crippen LogP contribution in [-0.4, -0.2) is 15.1 Å². The van der Waals surface area contributed by atoms with E-state index in [9.17, 15) is 0 Å². The number of nitrogens with one attached hydrogen (secondary N) is 1. The number of H-pyrrole nitrogens is 1. The Balaban J connectivity index is 2.25. The first kappa shape index (κ1) is 9.92. The Bertz CT molecular complexity index is 418. The van der Waals surface area contributed by atoms with Gasteiger partial charge in [0.25, 0.3) is 0 Å². The first-order chi connectivity index (χ1) is 7.18. The van der Waals surface area contributed by atoms with Crippen molar-refractivity contribution in [3.05, 3.63) is 24.2 Å². The van der Waals surface area contributed by atoms with E-state index in [-0.39, 0.29) is 12.0 Å². The molecule has 2 heterocycles. The molecule has 0 spiro atoms. The lowest BCUT2D eigenvalue weighted by molar-refractivity contribution is 0.325. The summed E-state index contributed by atoms with van der Waals surface area (Å²) in [5, 5.41) is 3.86. The summed E-state index contributed by atoms with van der Waals surface area (Å²) in [5.74, 6) is 1.31. The standard InChI is InChI=1S/C10H14N4O/c1-6(2)8(11)10-13-9(14-15-10)7-4-3-5-12-7/h3-6,8,12H,11H2,1-2H3/t8-/m1/s1. The van der Waals surface area contributed by atoms with Crippen molar-refractivity contribution in [3.8, 4) is 11.5 Å². The van der Waals surface area contributed by atoms with Gasteiger partial charge in [-0.25, -0.2) is 0 Å². The molecule has 2 rings (SSSR count). The summed E-state index contributed by atoms with van der Waals surface area (Å²) in [7, 11) is 0. The van der Waals surface area contributed by atoms with Gasteiger partial charge in [-0.15, -0.1) is 0 Å². The second kappa shape index (κ2) is 3.86. The Morgan fingerprint density at radius 3 is 2.87 bits per heavy atom. The smallest absolute Gasteiger partial charge is 0.244 e. The van der Waals surface area contributed by atoms with Gasteiger partial charge in [-0.1, -0.05) is 19.0 Å². The molecule has 0 fully saturated rings. The van der Waals surface area contributed by atoms with Crippen LogP contribution in [-0.2, 0) is 0 Å². The maximum Gasteiger partial charge on any atom is 0.244 e. The maximum absolute atomic E-state index is 5.90. The molecule has 1 atom stereocenters. The van der Waals surface area contributed by atoms with Gasteiger partial charge in [0.05, 0.1) is 11.7 Å². The first-order valence-corrected chi connectivity index (χ1v) is 4.91. The van der Waals surface area contributed by atoms with Crippen LogP contribution in [0.3, 0.4) is 0 Å². The first-order valence-electron chi connectivity index (χ1n) is 4.91. The molecule has 2 aromatic heterocycles. The van der Waals surface area contributed by atoms with E-state index >= 15 is 0 Å². The Kier molecular flexibility index (Phi) is 2.55. The van der Waals surface area contributed by atoms with E-state index in [1.807, 2.05) is 32.2 Å². The summed E-state index contributed by atoms with van der Waals surface area (Å²) >= 11 is 0. The van der Waals surface area contributed by atoms with Crippen molar-refractivity contribution < 1.29 is 4.52 Å². The van der Waals surface area contributed by atoms with E-state index < -0.39 is 0 Å². The number of aromatic nitrogens is 3. The van der Waals surface area contributed by atoms with Crippen molar-refractivity contribution in [3.63, 3.8) is 0 Å². The van der Waals surface area contributed by atoms with Crippen LogP contribution in [0.25, 0.3) is 11.5 Å². The van der Waals surface area contributed by atoms with Gasteiger partial charge in [0, 0.05) is 6.20 Å². The Morgan fingerprint density at radius 2 is 2.27 bits per heavy atom. The number of nitrogens with zero attached hydrogens (tertiary/aromatic N) is 2. The van der Waals surface area contributed by atoms with Gasteiger partial charge < -0.3 is 15.2 Å². The topological polar surface area (TPSA) is 80.7 Å². The van der Waals surface area contributed by atoms with Gasteiger partial charge in [-0.3, -0.25) is 0 Å². The Hall–Kier alpha value is -1.62. The van der Waals surface area contributed by atoms with E-state index in [4.69, 9.17) is 10.3 Å². The van der Waals surface area contributed by atoms with Gasteiger partial charge in [0.2, 0.25) is 11.7 Å². The minimum atomic E-state index is -0.207. The van der Waals surface area contributed by atoms with Crippen LogP contribution in [0.2, 0.25) is 0 Å². The summed E-state index contributed by atoms with van der Waals surface area (Å²) in [6.45, 7) is 4.03. The highest BCUT2D eigenvalue weighted by Gasteiger charge is 2.18. The molecule has 15 heavy (non-hydrogen) atoms. The summed E-state index contributed by atoms with van der Waals surface area (Å²) < 4.78 is 5.11. The number of nitrogens with two attached hydrogens (primary N) is 1. The summed E-state index contributed by atoms with van der Waals surface area (Å²) in [6, 6.07) is 3.56.